The summed E-state index contributed by atoms with van der Waals surface area (Å²) in [6.45, 7) is 0. The Balaban J connectivity index is 1.64. The molecule has 0 saturated carbocycles. The van der Waals surface area contributed by atoms with Crippen LogP contribution in [0.3, 0.4) is 0 Å². The number of nitrogens with two attached hydrogens (primary N) is 1. The van der Waals surface area contributed by atoms with Gasteiger partial charge in [-0.05, 0) is 40.5 Å². The first-order valence-electron chi connectivity index (χ1n) is 8.91. The highest BCUT2D eigenvalue weighted by molar-refractivity contribution is 9.10. The Bertz CT molecular complexity index is 1110. The van der Waals surface area contributed by atoms with Gasteiger partial charge in [-0.2, -0.15) is 4.98 Å². The maximum absolute atomic E-state index is 5.93. The maximum Gasteiger partial charge on any atom is 0.241 e. The van der Waals surface area contributed by atoms with Crippen LogP contribution in [0.1, 0.15) is 29.6 Å². The predicted octanol–water partition coefficient (Wildman–Crippen LogP) is 4.92. The lowest BCUT2D eigenvalue weighted by Gasteiger charge is -2.32. The molecule has 5 nitrogen and oxygen atoms in total. The van der Waals surface area contributed by atoms with Gasteiger partial charge in [0.05, 0.1) is 12.1 Å². The molecule has 0 fully saturated rings. The quantitative estimate of drug-likeness (QED) is 0.483. The van der Waals surface area contributed by atoms with E-state index in [4.69, 9.17) is 5.73 Å². The number of hydrogen-bond donors (Lipinski definition) is 2. The Morgan fingerprint density at radius 1 is 1.00 bits per heavy atom. The van der Waals surface area contributed by atoms with E-state index >= 15 is 0 Å². The molecule has 2 atom stereocenters. The summed E-state index contributed by atoms with van der Waals surface area (Å²) in [4.78, 5) is 4.41. The Labute approximate surface area is 165 Å². The number of nitrogens with zero attached hydrogens (tertiary/aromatic N) is 3. The molecule has 2 heterocycles. The number of aromatic nitrogens is 3. The Hall–Kier alpha value is -2.86. The van der Waals surface area contributed by atoms with Crippen molar-refractivity contribution in [3.8, 4) is 0 Å². The van der Waals surface area contributed by atoms with Crippen molar-refractivity contribution in [2.24, 2.45) is 0 Å². The Kier molecular flexibility index (Phi) is 3.86. The summed E-state index contributed by atoms with van der Waals surface area (Å²) < 4.78 is 2.99. The van der Waals surface area contributed by atoms with E-state index in [2.05, 4.69) is 98.1 Å². The monoisotopic (exact) mass is 419 g/mol. The van der Waals surface area contributed by atoms with E-state index in [-0.39, 0.29) is 12.1 Å². The highest BCUT2D eigenvalue weighted by Gasteiger charge is 2.31. The fourth-order valence-electron chi connectivity index (χ4n) is 3.91. The first-order chi connectivity index (χ1) is 13.2. The highest BCUT2D eigenvalue weighted by atomic mass is 79.9. The van der Waals surface area contributed by atoms with Gasteiger partial charge in [0, 0.05) is 4.47 Å². The molecule has 1 aromatic heterocycles. The Morgan fingerprint density at radius 3 is 2.63 bits per heavy atom. The fraction of sp³-hybridized carbons (Fsp3) is 0.143. The van der Waals surface area contributed by atoms with Crippen molar-refractivity contribution < 1.29 is 0 Å². The van der Waals surface area contributed by atoms with Crippen molar-refractivity contribution in [1.82, 2.24) is 14.8 Å². The topological polar surface area (TPSA) is 68.8 Å². The van der Waals surface area contributed by atoms with E-state index in [1.807, 2.05) is 4.68 Å². The first kappa shape index (κ1) is 16.3. The van der Waals surface area contributed by atoms with Gasteiger partial charge in [0.15, 0.2) is 0 Å². The molecule has 1 aliphatic rings. The molecule has 4 aromatic rings. The van der Waals surface area contributed by atoms with Gasteiger partial charge in [0.25, 0.3) is 0 Å². The molecule has 0 amide bonds. The molecule has 5 rings (SSSR count). The number of rotatable bonds is 2. The number of nitrogen functional groups attached to an aromatic ring is 1. The summed E-state index contributed by atoms with van der Waals surface area (Å²) in [7, 11) is 0. The molecule has 0 bridgehead atoms. The van der Waals surface area contributed by atoms with Crippen LogP contribution in [-0.2, 0) is 0 Å². The Morgan fingerprint density at radius 2 is 1.78 bits per heavy atom. The van der Waals surface area contributed by atoms with Crippen molar-refractivity contribution in [1.29, 1.82) is 0 Å². The van der Waals surface area contributed by atoms with E-state index in [1.165, 1.54) is 21.9 Å². The minimum atomic E-state index is 0.0609. The number of hydrogen-bond acceptors (Lipinski definition) is 4. The molecule has 0 spiro atoms. The minimum absolute atomic E-state index is 0.0609. The summed E-state index contributed by atoms with van der Waals surface area (Å²) in [5, 5.41) is 10.4. The summed E-state index contributed by atoms with van der Waals surface area (Å²) in [5.74, 6) is 1.00. The molecule has 6 heteroatoms. The van der Waals surface area contributed by atoms with Gasteiger partial charge in [-0.3, -0.25) is 0 Å². The van der Waals surface area contributed by atoms with E-state index < -0.39 is 0 Å². The van der Waals surface area contributed by atoms with Crippen LogP contribution in [0.5, 0.6) is 0 Å². The highest BCUT2D eigenvalue weighted by Crippen LogP contribution is 2.40. The van der Waals surface area contributed by atoms with Gasteiger partial charge in [-0.15, -0.1) is 5.10 Å². The van der Waals surface area contributed by atoms with Crippen molar-refractivity contribution >= 4 is 38.6 Å². The van der Waals surface area contributed by atoms with E-state index in [0.29, 0.717) is 11.9 Å². The van der Waals surface area contributed by atoms with E-state index in [0.717, 1.165) is 10.9 Å². The van der Waals surface area contributed by atoms with Gasteiger partial charge in [0.2, 0.25) is 11.9 Å². The number of anilines is 2. The van der Waals surface area contributed by atoms with Crippen LogP contribution in [0, 0.1) is 0 Å². The van der Waals surface area contributed by atoms with Crippen LogP contribution in [0.15, 0.2) is 71.2 Å². The van der Waals surface area contributed by atoms with Gasteiger partial charge in [0.1, 0.15) is 0 Å². The smallest absolute Gasteiger partial charge is 0.241 e. The number of benzene rings is 3. The summed E-state index contributed by atoms with van der Waals surface area (Å²) in [6.07, 6.45) is 0.867. The van der Waals surface area contributed by atoms with Crippen LogP contribution in [-0.4, -0.2) is 14.8 Å². The molecule has 27 heavy (non-hydrogen) atoms. The molecule has 0 saturated heterocycles. The predicted molar refractivity (Wildman–Crippen MR) is 112 cm³/mol. The maximum atomic E-state index is 5.93. The summed E-state index contributed by atoms with van der Waals surface area (Å²) in [6, 6.07) is 23.5. The largest absolute Gasteiger partial charge is 0.366 e. The minimum Gasteiger partial charge on any atom is -0.366 e. The van der Waals surface area contributed by atoms with Crippen LogP contribution in [0.4, 0.5) is 11.9 Å². The van der Waals surface area contributed by atoms with Gasteiger partial charge < -0.3 is 11.1 Å². The third-order valence-electron chi connectivity index (χ3n) is 5.16. The van der Waals surface area contributed by atoms with E-state index in [1.54, 1.807) is 0 Å². The standard InChI is InChI=1S/C21H18BrN5/c22-15-10-8-14(9-11-15)18-12-19(27-21(24-18)25-20(23)26-27)17-7-3-5-13-4-1-2-6-16(13)17/h1-11,18-19H,12H2,(H3,23,24,25,26)/t18-,19+/m0/s1. The number of nitrogens with one attached hydrogen (secondary N) is 1. The molecule has 0 radical (unpaired) electrons. The summed E-state index contributed by atoms with van der Waals surface area (Å²) >= 11 is 3.51. The SMILES string of the molecule is Nc1nc2n(n1)[C@@H](c1cccc3ccccc13)C[C@@H](c1ccc(Br)cc1)N2. The lowest BCUT2D eigenvalue weighted by Crippen LogP contribution is -2.28. The summed E-state index contributed by atoms with van der Waals surface area (Å²) in [5.41, 5.74) is 8.38. The number of fused-ring (bicyclic) bond motifs is 2. The zero-order valence-electron chi connectivity index (χ0n) is 14.5. The molecule has 0 aliphatic carbocycles. The third-order valence-corrected chi connectivity index (χ3v) is 5.69. The zero-order chi connectivity index (χ0) is 18.4. The molecule has 3 N–H and O–H groups in total. The van der Waals surface area contributed by atoms with E-state index in [9.17, 15) is 0 Å². The lowest BCUT2D eigenvalue weighted by molar-refractivity contribution is 0.434. The molecule has 3 aromatic carbocycles. The zero-order valence-corrected chi connectivity index (χ0v) is 16.1. The second-order valence-electron chi connectivity index (χ2n) is 6.81. The van der Waals surface area contributed by atoms with Crippen LogP contribution in [0.2, 0.25) is 0 Å². The van der Waals surface area contributed by atoms with Crippen LogP contribution < -0.4 is 11.1 Å². The van der Waals surface area contributed by atoms with Crippen LogP contribution >= 0.6 is 15.9 Å². The third kappa shape index (κ3) is 2.86. The van der Waals surface area contributed by atoms with Gasteiger partial charge in [-0.1, -0.05) is 70.5 Å². The first-order valence-corrected chi connectivity index (χ1v) is 9.70. The average Bonchev–Trinajstić information content (AvgIpc) is 3.07. The van der Waals surface area contributed by atoms with Crippen molar-refractivity contribution in [2.45, 2.75) is 18.5 Å². The van der Waals surface area contributed by atoms with Crippen molar-refractivity contribution in [3.05, 3.63) is 82.3 Å². The molecule has 1 aliphatic heterocycles. The number of halogens is 1. The second kappa shape index (κ2) is 6.39. The second-order valence-corrected chi connectivity index (χ2v) is 7.72. The normalized spacial score (nSPS) is 18.9. The fourth-order valence-corrected chi connectivity index (χ4v) is 4.17. The van der Waals surface area contributed by atoms with Crippen molar-refractivity contribution in [2.75, 3.05) is 11.1 Å². The van der Waals surface area contributed by atoms with Crippen LogP contribution in [0.25, 0.3) is 10.8 Å². The molecule has 134 valence electrons. The molecular weight excluding hydrogens is 402 g/mol. The lowest BCUT2D eigenvalue weighted by atomic mass is 9.90. The average molecular weight is 420 g/mol. The van der Waals surface area contributed by atoms with Crippen molar-refractivity contribution in [3.63, 3.8) is 0 Å². The molecule has 0 unspecified atom stereocenters. The van der Waals surface area contributed by atoms with Gasteiger partial charge >= 0.3 is 0 Å². The van der Waals surface area contributed by atoms with Gasteiger partial charge in [-0.25, -0.2) is 4.68 Å². The molecular formula is C21H18BrN5.